The van der Waals surface area contributed by atoms with E-state index in [0.717, 1.165) is 28.6 Å². The average Bonchev–Trinajstić information content (AvgIpc) is 0.894. The fraction of sp³-hybridized carbons (Fsp3) is 0.103. The van der Waals surface area contributed by atoms with Crippen LogP contribution in [-0.4, -0.2) is 88.5 Å². The highest BCUT2D eigenvalue weighted by atomic mass is 32.2. The summed E-state index contributed by atoms with van der Waals surface area (Å²) in [6, 6.07) is 58.1. The number of carbonyl (C=O) groups is 3. The number of benzene rings is 10. The second kappa shape index (κ2) is 28.4. The van der Waals surface area contributed by atoms with Crippen molar-refractivity contribution in [3.63, 3.8) is 0 Å². The summed E-state index contributed by atoms with van der Waals surface area (Å²) in [5.41, 5.74) is 4.81. The Bertz CT molecular complexity index is 4840. The molecule has 4 N–H and O–H groups in total. The van der Waals surface area contributed by atoms with Crippen LogP contribution >= 0.6 is 23.5 Å². The van der Waals surface area contributed by atoms with Crippen molar-refractivity contribution < 1.29 is 43.9 Å². The number of ether oxygens (including phenoxy) is 2. The molecule has 2 heterocycles. The number of phenols is 2. The highest BCUT2D eigenvalue weighted by Gasteiger charge is 2.28. The number of tetrazole rings is 2. The lowest BCUT2D eigenvalue weighted by Crippen LogP contribution is -2.34. The number of carbonyl (C=O) groups excluding carboxylic acids is 3. The highest BCUT2D eigenvalue weighted by molar-refractivity contribution is 8.13. The third-order valence-corrected chi connectivity index (χ3v) is 16.6. The molecule has 26 heteroatoms. The number of para-hydroxylation sites is 4. The lowest BCUT2D eigenvalue weighted by Gasteiger charge is -2.27. The molecule has 0 aliphatic heterocycles. The van der Waals surface area contributed by atoms with Crippen molar-refractivity contribution in [2.45, 2.75) is 56.3 Å². The SMILES string of the molecule is Cc1ccccc1NC(=O)c1cc(Oc2ccc(CSc3nnnn3-c3ccccc3)cc2[N+](=O)[O-])c2ccccc2c1O.Cc1ccccc1NC(=O)c1cc(Oc2ccc([N+](=O)[O-])cc2CN(C(=O)Sc2nnnn2-c2ccccc2)C(C)C)c2ccccc2c1O. The molecule has 0 aliphatic rings. The van der Waals surface area contributed by atoms with Crippen LogP contribution in [0.4, 0.5) is 27.5 Å². The van der Waals surface area contributed by atoms with Crippen molar-refractivity contribution in [3.8, 4) is 45.9 Å². The van der Waals surface area contributed by atoms with Gasteiger partial charge in [-0.3, -0.25) is 34.6 Å². The molecule has 24 nitrogen and oxygen atoms in total. The number of nitro groups is 2. The standard InChI is InChI=1S/C36H31N7O6S.C32H24N6O5S/c1-22(2)41(36(46)50-35-38-39-40-42(35)25-12-5-4-6-13-25)21-24-19-26(43(47)48)17-18-31(24)49-32-20-29(33(44)28-15-9-8-14-27(28)32)34(45)37-30-16-10-7-11-23(30)3;1-20-9-5-8-14-26(20)33-31(40)25-18-29(23-12-6-7-13-24(23)30(25)39)43-28-16-15-21(17-27(28)38(41)42)19-44-32-34-35-36-37(32)22-10-3-2-4-11-22/h4-20,22,44H,21H2,1-3H3,(H,37,45);2-18,39H,19H2,1H3,(H,33,40). The van der Waals surface area contributed by atoms with E-state index in [9.17, 15) is 44.8 Å². The van der Waals surface area contributed by atoms with Crippen LogP contribution in [0, 0.1) is 34.1 Å². The fourth-order valence-corrected chi connectivity index (χ4v) is 11.6. The van der Waals surface area contributed by atoms with Gasteiger partial charge < -0.3 is 35.2 Å². The van der Waals surface area contributed by atoms with Gasteiger partial charge in [0.05, 0.1) is 38.9 Å². The van der Waals surface area contributed by atoms with Crippen molar-refractivity contribution in [3.05, 3.63) is 260 Å². The summed E-state index contributed by atoms with van der Waals surface area (Å²) in [6.07, 6.45) is 0. The van der Waals surface area contributed by atoms with Gasteiger partial charge in [0.1, 0.15) is 28.7 Å². The van der Waals surface area contributed by atoms with E-state index in [4.69, 9.17) is 9.47 Å². The molecule has 0 unspecified atom stereocenters. The van der Waals surface area contributed by atoms with Crippen LogP contribution in [0.1, 0.15) is 56.8 Å². The van der Waals surface area contributed by atoms with Crippen LogP contribution in [0.3, 0.4) is 0 Å². The number of anilines is 2. The summed E-state index contributed by atoms with van der Waals surface area (Å²) >= 11 is 2.16. The van der Waals surface area contributed by atoms with Gasteiger partial charge in [-0.2, -0.15) is 9.36 Å². The Balaban J connectivity index is 0.000000193. The molecule has 0 saturated heterocycles. The van der Waals surface area contributed by atoms with Gasteiger partial charge in [-0.25, -0.2) is 0 Å². The van der Waals surface area contributed by atoms with Crippen molar-refractivity contribution >= 4 is 84.9 Å². The van der Waals surface area contributed by atoms with Crippen LogP contribution < -0.4 is 20.1 Å². The van der Waals surface area contributed by atoms with Gasteiger partial charge in [-0.15, -0.1) is 10.2 Å². The number of thioether (sulfide) groups is 2. The number of non-ortho nitro benzene ring substituents is 1. The number of hydrogen-bond donors (Lipinski definition) is 4. The predicted molar refractivity (Wildman–Crippen MR) is 356 cm³/mol. The maximum Gasteiger partial charge on any atom is 0.311 e. The van der Waals surface area contributed by atoms with E-state index >= 15 is 0 Å². The van der Waals surface area contributed by atoms with E-state index in [1.54, 1.807) is 83.5 Å². The highest BCUT2D eigenvalue weighted by Crippen LogP contribution is 2.43. The molecule has 0 fully saturated rings. The van der Waals surface area contributed by atoms with Crippen LogP contribution in [0.2, 0.25) is 0 Å². The first-order valence-electron chi connectivity index (χ1n) is 28.9. The Morgan fingerprint density at radius 2 is 1.02 bits per heavy atom. The number of nitrogens with one attached hydrogen (secondary N) is 2. The number of amides is 3. The van der Waals surface area contributed by atoms with E-state index < -0.39 is 26.9 Å². The first-order valence-corrected chi connectivity index (χ1v) is 30.7. The molecule has 0 radical (unpaired) electrons. The summed E-state index contributed by atoms with van der Waals surface area (Å²) in [7, 11) is 0. The number of fused-ring (bicyclic) bond motifs is 2. The minimum absolute atomic E-state index is 0.0148. The van der Waals surface area contributed by atoms with Crippen LogP contribution in [0.15, 0.2) is 217 Å². The molecule has 0 aliphatic carbocycles. The maximum atomic E-state index is 13.8. The lowest BCUT2D eigenvalue weighted by molar-refractivity contribution is -0.385. The molecule has 2 aromatic heterocycles. The van der Waals surface area contributed by atoms with E-state index in [1.165, 1.54) is 63.8 Å². The molecule has 10 aromatic carbocycles. The Kier molecular flexibility index (Phi) is 19.2. The molecular weight excluding hydrogens is 1240 g/mol. The van der Waals surface area contributed by atoms with E-state index in [0.29, 0.717) is 60.6 Å². The topological polar surface area (TPSA) is 311 Å². The third-order valence-electron chi connectivity index (χ3n) is 14.8. The molecule has 0 spiro atoms. The van der Waals surface area contributed by atoms with Crippen molar-refractivity contribution in [2.24, 2.45) is 0 Å². The van der Waals surface area contributed by atoms with Gasteiger partial charge in [0, 0.05) is 80.2 Å². The number of phenolic OH excluding ortho intramolecular Hbond substituents is 2. The van der Waals surface area contributed by atoms with Gasteiger partial charge in [-0.05, 0) is 126 Å². The molecule has 470 valence electrons. The Hall–Kier alpha value is -12.0. The largest absolute Gasteiger partial charge is 0.506 e. The molecular formula is C68H55N13O11S2. The zero-order valence-corrected chi connectivity index (χ0v) is 52.1. The second-order valence-electron chi connectivity index (χ2n) is 21.3. The summed E-state index contributed by atoms with van der Waals surface area (Å²) in [5.74, 6) is -0.584. The molecule has 0 bridgehead atoms. The molecule has 12 rings (SSSR count). The lowest BCUT2D eigenvalue weighted by atomic mass is 10.0. The number of rotatable bonds is 19. The summed E-state index contributed by atoms with van der Waals surface area (Å²) in [6.45, 7) is 7.29. The molecule has 3 amide bonds. The van der Waals surface area contributed by atoms with Gasteiger partial charge in [0.2, 0.25) is 16.1 Å². The van der Waals surface area contributed by atoms with Gasteiger partial charge >= 0.3 is 5.69 Å². The maximum absolute atomic E-state index is 13.8. The van der Waals surface area contributed by atoms with Gasteiger partial charge in [0.15, 0.2) is 0 Å². The summed E-state index contributed by atoms with van der Waals surface area (Å²) in [4.78, 5) is 65.0. The van der Waals surface area contributed by atoms with Crippen molar-refractivity contribution in [2.75, 3.05) is 10.6 Å². The zero-order valence-electron chi connectivity index (χ0n) is 50.4. The molecule has 94 heavy (non-hydrogen) atoms. The fourth-order valence-electron chi connectivity index (χ4n) is 9.90. The van der Waals surface area contributed by atoms with Crippen molar-refractivity contribution in [1.29, 1.82) is 0 Å². The first-order chi connectivity index (χ1) is 45.5. The average molecular weight is 1290 g/mol. The molecule has 0 saturated carbocycles. The Morgan fingerprint density at radius 1 is 0.553 bits per heavy atom. The number of nitro benzene ring substituents is 2. The van der Waals surface area contributed by atoms with Gasteiger partial charge in [-0.1, -0.05) is 139 Å². The number of nitrogens with zero attached hydrogens (tertiary/aromatic N) is 11. The van der Waals surface area contributed by atoms with E-state index in [2.05, 4.69) is 41.7 Å². The first kappa shape index (κ1) is 63.5. The Morgan fingerprint density at radius 3 is 1.53 bits per heavy atom. The number of aromatic nitrogens is 8. The Labute approximate surface area is 544 Å². The van der Waals surface area contributed by atoms with Gasteiger partial charge in [0.25, 0.3) is 22.7 Å². The summed E-state index contributed by atoms with van der Waals surface area (Å²) < 4.78 is 15.6. The van der Waals surface area contributed by atoms with Crippen molar-refractivity contribution in [1.82, 2.24) is 45.3 Å². The van der Waals surface area contributed by atoms with E-state index in [-0.39, 0.29) is 74.7 Å². The van der Waals surface area contributed by atoms with E-state index in [1.807, 2.05) is 113 Å². The molecule has 0 atom stereocenters. The number of aromatic hydroxyl groups is 2. The minimum Gasteiger partial charge on any atom is -0.506 e. The minimum atomic E-state index is -0.553. The summed E-state index contributed by atoms with van der Waals surface area (Å²) in [5, 5.41) is 77.7. The smallest absolute Gasteiger partial charge is 0.311 e. The van der Waals surface area contributed by atoms with Crippen LogP contribution in [-0.2, 0) is 12.3 Å². The third kappa shape index (κ3) is 14.3. The molecule has 12 aromatic rings. The normalized spacial score (nSPS) is 11.0. The second-order valence-corrected chi connectivity index (χ2v) is 23.1. The van der Waals surface area contributed by atoms with Crippen LogP contribution in [0.5, 0.6) is 34.5 Å². The van der Waals surface area contributed by atoms with Crippen LogP contribution in [0.25, 0.3) is 32.9 Å². The monoisotopic (exact) mass is 1290 g/mol. The number of aryl methyl sites for hydroxylation is 2. The number of hydrogen-bond acceptors (Lipinski definition) is 19. The predicted octanol–water partition coefficient (Wildman–Crippen LogP) is 15.0. The quantitative estimate of drug-likeness (QED) is 0.0332. The zero-order chi connectivity index (χ0) is 66.0.